The number of aliphatic hydroxyl groups excluding tert-OH is 5. The van der Waals surface area contributed by atoms with Gasteiger partial charge in [0.25, 0.3) is 0 Å². The van der Waals surface area contributed by atoms with Gasteiger partial charge >= 0.3 is 0 Å². The first-order valence-electron chi connectivity index (χ1n) is 14.4. The molecular formula is C28H53NO8. The summed E-state index contributed by atoms with van der Waals surface area (Å²) in [6.07, 6.45) is 10.2. The van der Waals surface area contributed by atoms with Gasteiger partial charge < -0.3 is 40.3 Å². The lowest BCUT2D eigenvalue weighted by atomic mass is 9.99. The molecule has 218 valence electrons. The zero-order valence-electron chi connectivity index (χ0n) is 23.0. The molecule has 1 fully saturated rings. The smallest absolute Gasteiger partial charge is 0.220 e. The van der Waals surface area contributed by atoms with Crippen molar-refractivity contribution in [3.05, 3.63) is 12.2 Å². The number of hydrogen-bond donors (Lipinski definition) is 6. The first-order chi connectivity index (χ1) is 17.8. The molecule has 0 aliphatic carbocycles. The lowest BCUT2D eigenvalue weighted by Gasteiger charge is -2.40. The first-order valence-corrected chi connectivity index (χ1v) is 14.4. The average molecular weight is 532 g/mol. The highest BCUT2D eigenvalue weighted by Crippen LogP contribution is 2.22. The van der Waals surface area contributed by atoms with Gasteiger partial charge in [0.05, 0.1) is 25.4 Å². The van der Waals surface area contributed by atoms with Crippen molar-refractivity contribution in [2.45, 2.75) is 147 Å². The SMILES string of the molecule is CCCC/C=C\CCCCCCCC(=O)NC(COC1OC(CO)C(O)C(O)C1O)C(O)CCCCC. The standard InChI is InChI=1S/C28H53NO8/c1-3-5-7-8-9-10-11-12-13-14-16-18-24(32)29-21(22(31)17-15-6-4-2)20-36-28-27(35)26(34)25(33)23(19-30)37-28/h8-9,21-23,25-28,30-31,33-35H,3-7,10-20H2,1-2H3,(H,29,32)/b9-8-. The molecule has 1 saturated heterocycles. The number of amides is 1. The number of rotatable bonds is 21. The van der Waals surface area contributed by atoms with Gasteiger partial charge in [-0.25, -0.2) is 0 Å². The molecule has 0 aromatic heterocycles. The lowest BCUT2D eigenvalue weighted by molar-refractivity contribution is -0.302. The molecule has 7 atom stereocenters. The molecule has 9 nitrogen and oxygen atoms in total. The van der Waals surface area contributed by atoms with Crippen LogP contribution in [0.5, 0.6) is 0 Å². The van der Waals surface area contributed by atoms with E-state index in [9.17, 15) is 30.3 Å². The van der Waals surface area contributed by atoms with Gasteiger partial charge in [-0.2, -0.15) is 0 Å². The third-order valence-corrected chi connectivity index (χ3v) is 6.87. The van der Waals surface area contributed by atoms with E-state index < -0.39 is 49.5 Å². The maximum absolute atomic E-state index is 12.6. The van der Waals surface area contributed by atoms with Gasteiger partial charge in [0, 0.05) is 6.42 Å². The number of aliphatic hydroxyl groups is 5. The van der Waals surface area contributed by atoms with Gasteiger partial charge in [0.2, 0.25) is 5.91 Å². The topological polar surface area (TPSA) is 149 Å². The molecule has 0 saturated carbocycles. The Kier molecular flexibility index (Phi) is 19.1. The largest absolute Gasteiger partial charge is 0.394 e. The predicted molar refractivity (Wildman–Crippen MR) is 143 cm³/mol. The molecule has 0 aromatic carbocycles. The van der Waals surface area contributed by atoms with Crippen LogP contribution in [0.2, 0.25) is 0 Å². The fourth-order valence-corrected chi connectivity index (χ4v) is 4.37. The molecule has 7 unspecified atom stereocenters. The van der Waals surface area contributed by atoms with Crippen LogP contribution in [0.3, 0.4) is 0 Å². The second kappa shape index (κ2) is 20.8. The summed E-state index contributed by atoms with van der Waals surface area (Å²) < 4.78 is 11.0. The minimum Gasteiger partial charge on any atom is -0.394 e. The summed E-state index contributed by atoms with van der Waals surface area (Å²) >= 11 is 0. The molecule has 6 N–H and O–H groups in total. The van der Waals surface area contributed by atoms with Crippen molar-refractivity contribution in [2.24, 2.45) is 0 Å². The van der Waals surface area contributed by atoms with E-state index in [2.05, 4.69) is 31.3 Å². The Morgan fingerprint density at radius 3 is 2.22 bits per heavy atom. The fraction of sp³-hybridized carbons (Fsp3) is 0.893. The quantitative estimate of drug-likeness (QED) is 0.0978. The summed E-state index contributed by atoms with van der Waals surface area (Å²) in [5.74, 6) is -0.171. The van der Waals surface area contributed by atoms with E-state index in [0.29, 0.717) is 12.8 Å². The van der Waals surface area contributed by atoms with Crippen LogP contribution in [0.15, 0.2) is 12.2 Å². The van der Waals surface area contributed by atoms with Crippen molar-refractivity contribution in [3.8, 4) is 0 Å². The van der Waals surface area contributed by atoms with Crippen LogP contribution in [-0.2, 0) is 14.3 Å². The van der Waals surface area contributed by atoms with Gasteiger partial charge in [-0.1, -0.05) is 77.4 Å². The van der Waals surface area contributed by atoms with Gasteiger partial charge in [-0.3, -0.25) is 4.79 Å². The second-order valence-electron chi connectivity index (χ2n) is 10.2. The van der Waals surface area contributed by atoms with E-state index in [-0.39, 0.29) is 12.5 Å². The van der Waals surface area contributed by atoms with Crippen molar-refractivity contribution >= 4 is 5.91 Å². The van der Waals surface area contributed by atoms with E-state index in [4.69, 9.17) is 9.47 Å². The maximum Gasteiger partial charge on any atom is 0.220 e. The van der Waals surface area contributed by atoms with Crippen LogP contribution >= 0.6 is 0 Å². The monoisotopic (exact) mass is 531 g/mol. The third kappa shape index (κ3) is 14.0. The number of carbonyl (C=O) groups excluding carboxylic acids is 1. The van der Waals surface area contributed by atoms with Gasteiger partial charge in [-0.05, 0) is 32.1 Å². The van der Waals surface area contributed by atoms with Crippen molar-refractivity contribution < 1.29 is 39.8 Å². The van der Waals surface area contributed by atoms with Crippen LogP contribution in [0, 0.1) is 0 Å². The first kappa shape index (κ1) is 34.0. The Morgan fingerprint density at radius 1 is 0.892 bits per heavy atom. The number of hydrogen-bond acceptors (Lipinski definition) is 8. The second-order valence-corrected chi connectivity index (χ2v) is 10.2. The molecule has 0 radical (unpaired) electrons. The lowest BCUT2D eigenvalue weighted by Crippen LogP contribution is -2.60. The van der Waals surface area contributed by atoms with E-state index in [1.165, 1.54) is 12.8 Å². The van der Waals surface area contributed by atoms with Gasteiger partial charge in [0.1, 0.15) is 24.4 Å². The van der Waals surface area contributed by atoms with Crippen LogP contribution in [-0.4, -0.2) is 87.5 Å². The summed E-state index contributed by atoms with van der Waals surface area (Å²) in [5, 5.41) is 53.0. The Morgan fingerprint density at radius 2 is 1.54 bits per heavy atom. The molecule has 9 heteroatoms. The molecule has 1 aliphatic heterocycles. The number of ether oxygens (including phenoxy) is 2. The molecule has 1 rings (SSSR count). The van der Waals surface area contributed by atoms with Crippen LogP contribution in [0.1, 0.15) is 104 Å². The Labute approximate surface area is 223 Å². The van der Waals surface area contributed by atoms with Crippen LogP contribution in [0.4, 0.5) is 0 Å². The highest BCUT2D eigenvalue weighted by molar-refractivity contribution is 5.76. The Hall–Kier alpha value is -1.07. The van der Waals surface area contributed by atoms with E-state index >= 15 is 0 Å². The fourth-order valence-electron chi connectivity index (χ4n) is 4.37. The van der Waals surface area contributed by atoms with Crippen LogP contribution < -0.4 is 5.32 Å². The minimum absolute atomic E-state index is 0.145. The summed E-state index contributed by atoms with van der Waals surface area (Å²) in [6, 6.07) is -0.712. The normalized spacial score (nSPS) is 25.9. The Balaban J connectivity index is 2.45. The highest BCUT2D eigenvalue weighted by Gasteiger charge is 2.44. The van der Waals surface area contributed by atoms with E-state index in [1.54, 1.807) is 0 Å². The third-order valence-electron chi connectivity index (χ3n) is 6.87. The number of unbranched alkanes of at least 4 members (excludes halogenated alkanes) is 9. The zero-order chi connectivity index (χ0) is 27.5. The number of carbonyl (C=O) groups is 1. The molecule has 1 amide bonds. The Bertz CT molecular complexity index is 603. The number of nitrogens with one attached hydrogen (secondary N) is 1. The molecule has 0 aromatic rings. The van der Waals surface area contributed by atoms with Gasteiger partial charge in [0.15, 0.2) is 6.29 Å². The van der Waals surface area contributed by atoms with Crippen LogP contribution in [0.25, 0.3) is 0 Å². The molecule has 0 spiro atoms. The molecule has 1 heterocycles. The van der Waals surface area contributed by atoms with Crippen molar-refractivity contribution in [3.63, 3.8) is 0 Å². The molecule has 37 heavy (non-hydrogen) atoms. The van der Waals surface area contributed by atoms with Crippen molar-refractivity contribution in [1.82, 2.24) is 5.32 Å². The van der Waals surface area contributed by atoms with Gasteiger partial charge in [-0.15, -0.1) is 0 Å². The number of allylic oxidation sites excluding steroid dienone is 2. The average Bonchev–Trinajstić information content (AvgIpc) is 2.89. The summed E-state index contributed by atoms with van der Waals surface area (Å²) in [6.45, 7) is 3.56. The zero-order valence-corrected chi connectivity index (χ0v) is 23.0. The van der Waals surface area contributed by atoms with E-state index in [1.807, 2.05) is 0 Å². The summed E-state index contributed by atoms with van der Waals surface area (Å²) in [4.78, 5) is 12.6. The predicted octanol–water partition coefficient (Wildman–Crippen LogP) is 2.71. The molecular weight excluding hydrogens is 478 g/mol. The highest BCUT2D eigenvalue weighted by atomic mass is 16.7. The molecule has 0 bridgehead atoms. The summed E-state index contributed by atoms with van der Waals surface area (Å²) in [7, 11) is 0. The van der Waals surface area contributed by atoms with Crippen molar-refractivity contribution in [1.29, 1.82) is 0 Å². The molecule has 1 aliphatic rings. The summed E-state index contributed by atoms with van der Waals surface area (Å²) in [5.41, 5.74) is 0. The maximum atomic E-state index is 12.6. The minimum atomic E-state index is -1.55. The van der Waals surface area contributed by atoms with Crippen molar-refractivity contribution in [2.75, 3.05) is 13.2 Å². The van der Waals surface area contributed by atoms with E-state index in [0.717, 1.165) is 64.2 Å².